The van der Waals surface area contributed by atoms with Crippen LogP contribution in [-0.2, 0) is 4.74 Å². The van der Waals surface area contributed by atoms with Crippen LogP contribution in [0.25, 0.3) is 6.08 Å². The smallest absolute Gasteiger partial charge is 0.0645 e. The minimum absolute atomic E-state index is 0.690. The largest absolute Gasteiger partial charge is 0.378 e. The summed E-state index contributed by atoms with van der Waals surface area (Å²) in [6, 6.07) is 9.12. The van der Waals surface area contributed by atoms with Crippen LogP contribution < -0.4 is 0 Å². The second kappa shape index (κ2) is 6.85. The second-order valence-corrected chi connectivity index (χ2v) is 6.40. The molecule has 2 aliphatic rings. The molecule has 0 spiro atoms. The molecule has 0 radical (unpaired) electrons. The maximum absolute atomic E-state index is 5.27. The van der Waals surface area contributed by atoms with Crippen molar-refractivity contribution in [1.29, 1.82) is 0 Å². The Labute approximate surface area is 129 Å². The lowest BCUT2D eigenvalue weighted by atomic mass is 10.2. The lowest BCUT2D eigenvalue weighted by Gasteiger charge is -2.42. The SMILES string of the molecule is Brc1ccc(/C=C/CN2CCN(C3COC3)CC2)cc1. The van der Waals surface area contributed by atoms with E-state index in [1.54, 1.807) is 0 Å². The summed E-state index contributed by atoms with van der Waals surface area (Å²) in [5.74, 6) is 0. The van der Waals surface area contributed by atoms with Gasteiger partial charge in [0, 0.05) is 37.2 Å². The summed E-state index contributed by atoms with van der Waals surface area (Å²) in [4.78, 5) is 5.09. The molecule has 1 aromatic carbocycles. The molecule has 0 saturated carbocycles. The van der Waals surface area contributed by atoms with Gasteiger partial charge in [-0.05, 0) is 17.7 Å². The van der Waals surface area contributed by atoms with Crippen molar-refractivity contribution >= 4 is 22.0 Å². The van der Waals surface area contributed by atoms with Gasteiger partial charge in [-0.25, -0.2) is 0 Å². The topological polar surface area (TPSA) is 15.7 Å². The van der Waals surface area contributed by atoms with Gasteiger partial charge in [0.25, 0.3) is 0 Å². The molecule has 0 unspecified atom stereocenters. The highest BCUT2D eigenvalue weighted by Gasteiger charge is 2.28. The van der Waals surface area contributed by atoms with E-state index in [0.29, 0.717) is 6.04 Å². The molecule has 0 N–H and O–H groups in total. The molecule has 2 saturated heterocycles. The van der Waals surface area contributed by atoms with Crippen molar-refractivity contribution in [1.82, 2.24) is 9.80 Å². The summed E-state index contributed by atoms with van der Waals surface area (Å²) in [5.41, 5.74) is 1.26. The van der Waals surface area contributed by atoms with Gasteiger partial charge in [0.05, 0.1) is 19.3 Å². The zero-order valence-electron chi connectivity index (χ0n) is 11.7. The highest BCUT2D eigenvalue weighted by Crippen LogP contribution is 2.14. The monoisotopic (exact) mass is 336 g/mol. The van der Waals surface area contributed by atoms with E-state index in [0.717, 1.165) is 24.2 Å². The normalized spacial score (nSPS) is 22.2. The van der Waals surface area contributed by atoms with E-state index in [1.807, 2.05) is 0 Å². The summed E-state index contributed by atoms with van der Waals surface area (Å²) >= 11 is 3.46. The number of halogens is 1. The van der Waals surface area contributed by atoms with Crippen molar-refractivity contribution in [3.05, 3.63) is 40.4 Å². The van der Waals surface area contributed by atoms with E-state index < -0.39 is 0 Å². The molecule has 2 aliphatic heterocycles. The Morgan fingerprint density at radius 2 is 1.80 bits per heavy atom. The van der Waals surface area contributed by atoms with Crippen molar-refractivity contribution in [2.75, 3.05) is 45.9 Å². The van der Waals surface area contributed by atoms with Crippen LogP contribution in [0.2, 0.25) is 0 Å². The van der Waals surface area contributed by atoms with Crippen molar-refractivity contribution in [2.45, 2.75) is 6.04 Å². The first-order valence-electron chi connectivity index (χ1n) is 7.27. The van der Waals surface area contributed by atoms with Gasteiger partial charge in [-0.2, -0.15) is 0 Å². The van der Waals surface area contributed by atoms with Crippen LogP contribution in [0.5, 0.6) is 0 Å². The number of rotatable bonds is 4. The fraction of sp³-hybridized carbons (Fsp3) is 0.500. The maximum Gasteiger partial charge on any atom is 0.0645 e. The fourth-order valence-electron chi connectivity index (χ4n) is 2.66. The first kappa shape index (κ1) is 14.3. The molecule has 4 heteroatoms. The van der Waals surface area contributed by atoms with Crippen molar-refractivity contribution in [3.63, 3.8) is 0 Å². The highest BCUT2D eigenvalue weighted by atomic mass is 79.9. The van der Waals surface area contributed by atoms with Gasteiger partial charge in [0.2, 0.25) is 0 Å². The van der Waals surface area contributed by atoms with Gasteiger partial charge in [-0.1, -0.05) is 40.2 Å². The van der Waals surface area contributed by atoms with E-state index in [2.05, 4.69) is 62.1 Å². The predicted molar refractivity (Wildman–Crippen MR) is 85.8 cm³/mol. The third-order valence-electron chi connectivity index (χ3n) is 4.09. The zero-order chi connectivity index (χ0) is 13.8. The molecule has 0 atom stereocenters. The Hall–Kier alpha value is -0.680. The minimum Gasteiger partial charge on any atom is -0.378 e. The van der Waals surface area contributed by atoms with Crippen LogP contribution in [0.1, 0.15) is 5.56 Å². The van der Waals surface area contributed by atoms with Gasteiger partial charge < -0.3 is 4.74 Å². The molecule has 3 nitrogen and oxygen atoms in total. The summed E-state index contributed by atoms with van der Waals surface area (Å²) in [6.45, 7) is 7.61. The van der Waals surface area contributed by atoms with Crippen LogP contribution in [0.15, 0.2) is 34.8 Å². The molecular formula is C16H21BrN2O. The Morgan fingerprint density at radius 1 is 1.10 bits per heavy atom. The van der Waals surface area contributed by atoms with E-state index in [1.165, 1.54) is 31.7 Å². The Bertz CT molecular complexity index is 448. The number of hydrogen-bond acceptors (Lipinski definition) is 3. The molecule has 0 amide bonds. The average Bonchev–Trinajstić information content (AvgIpc) is 2.41. The summed E-state index contributed by atoms with van der Waals surface area (Å²) in [7, 11) is 0. The van der Waals surface area contributed by atoms with E-state index >= 15 is 0 Å². The molecule has 0 aliphatic carbocycles. The van der Waals surface area contributed by atoms with Gasteiger partial charge in [-0.15, -0.1) is 0 Å². The summed E-state index contributed by atoms with van der Waals surface area (Å²) < 4.78 is 6.40. The highest BCUT2D eigenvalue weighted by molar-refractivity contribution is 9.10. The molecule has 108 valence electrons. The summed E-state index contributed by atoms with van der Waals surface area (Å²) in [6.07, 6.45) is 4.48. The van der Waals surface area contributed by atoms with E-state index in [-0.39, 0.29) is 0 Å². The quantitative estimate of drug-likeness (QED) is 0.840. The lowest BCUT2D eigenvalue weighted by Crippen LogP contribution is -2.56. The third kappa shape index (κ3) is 3.70. The molecule has 1 aromatic rings. The van der Waals surface area contributed by atoms with Crippen molar-refractivity contribution < 1.29 is 4.74 Å². The molecule has 2 fully saturated rings. The van der Waals surface area contributed by atoms with Gasteiger partial charge in [0.1, 0.15) is 0 Å². The number of benzene rings is 1. The van der Waals surface area contributed by atoms with Crippen LogP contribution in [-0.4, -0.2) is 61.8 Å². The van der Waals surface area contributed by atoms with Gasteiger partial charge >= 0.3 is 0 Å². The number of piperazine rings is 1. The van der Waals surface area contributed by atoms with Crippen LogP contribution in [0.4, 0.5) is 0 Å². The number of hydrogen-bond donors (Lipinski definition) is 0. The Morgan fingerprint density at radius 3 is 2.40 bits per heavy atom. The van der Waals surface area contributed by atoms with Crippen LogP contribution >= 0.6 is 15.9 Å². The maximum atomic E-state index is 5.27. The molecule has 0 aromatic heterocycles. The molecular weight excluding hydrogens is 316 g/mol. The van der Waals surface area contributed by atoms with Crippen LogP contribution in [0.3, 0.4) is 0 Å². The molecule has 0 bridgehead atoms. The lowest BCUT2D eigenvalue weighted by molar-refractivity contribution is -0.0761. The van der Waals surface area contributed by atoms with Crippen molar-refractivity contribution in [2.24, 2.45) is 0 Å². The van der Waals surface area contributed by atoms with Gasteiger partial charge in [0.15, 0.2) is 0 Å². The van der Waals surface area contributed by atoms with E-state index in [4.69, 9.17) is 4.74 Å². The number of nitrogens with zero attached hydrogens (tertiary/aromatic N) is 2. The molecule has 2 heterocycles. The summed E-state index contributed by atoms with van der Waals surface area (Å²) in [5, 5.41) is 0. The Balaban J connectivity index is 1.42. The molecule has 3 rings (SSSR count). The van der Waals surface area contributed by atoms with Crippen molar-refractivity contribution in [3.8, 4) is 0 Å². The number of ether oxygens (including phenoxy) is 1. The Kier molecular flexibility index (Phi) is 4.89. The fourth-order valence-corrected chi connectivity index (χ4v) is 2.92. The average molecular weight is 337 g/mol. The third-order valence-corrected chi connectivity index (χ3v) is 4.62. The standard InChI is InChI=1S/C16H21BrN2O/c17-15-5-3-14(4-6-15)2-1-7-18-8-10-19(11-9-18)16-12-20-13-16/h1-6,16H,7-13H2/b2-1+. The zero-order valence-corrected chi connectivity index (χ0v) is 13.3. The predicted octanol–water partition coefficient (Wildman–Crippen LogP) is 2.48. The first-order chi connectivity index (χ1) is 9.81. The molecule has 20 heavy (non-hydrogen) atoms. The van der Waals surface area contributed by atoms with Crippen LogP contribution in [0, 0.1) is 0 Å². The second-order valence-electron chi connectivity index (χ2n) is 5.48. The minimum atomic E-state index is 0.690. The first-order valence-corrected chi connectivity index (χ1v) is 8.07. The van der Waals surface area contributed by atoms with E-state index in [9.17, 15) is 0 Å². The van der Waals surface area contributed by atoms with Gasteiger partial charge in [-0.3, -0.25) is 9.80 Å².